The van der Waals surface area contributed by atoms with Crippen LogP contribution < -0.4 is 5.73 Å². The summed E-state index contributed by atoms with van der Waals surface area (Å²) in [6.45, 7) is 1.97. The van der Waals surface area contributed by atoms with Crippen molar-refractivity contribution in [3.05, 3.63) is 35.4 Å². The van der Waals surface area contributed by atoms with Crippen molar-refractivity contribution in [2.75, 3.05) is 13.2 Å². The Hall–Kier alpha value is -2.37. The van der Waals surface area contributed by atoms with Crippen LogP contribution in [0.2, 0.25) is 0 Å². The summed E-state index contributed by atoms with van der Waals surface area (Å²) in [6.07, 6.45) is 1.79. The zero-order valence-electron chi connectivity index (χ0n) is 11.9. The molecule has 1 aromatic carbocycles. The molecule has 112 valence electrons. The molecule has 0 saturated heterocycles. The van der Waals surface area contributed by atoms with Crippen LogP contribution in [0.15, 0.2) is 24.3 Å². The standard InChI is InChI=1S/C15H18N2O4/c1-2-21-13(18)9-17(12-7-8-12)15(20)11-5-3-10(4-6-11)14(16)19/h3-6,12H,2,7-9H2,1H3,(H2,16,19). The van der Waals surface area contributed by atoms with Crippen LogP contribution in [0.5, 0.6) is 0 Å². The lowest BCUT2D eigenvalue weighted by Gasteiger charge is -2.21. The molecule has 1 aromatic rings. The Balaban J connectivity index is 2.10. The summed E-state index contributed by atoms with van der Waals surface area (Å²) in [4.78, 5) is 36.6. The third-order valence-corrected chi connectivity index (χ3v) is 3.27. The fourth-order valence-electron chi connectivity index (χ4n) is 2.04. The number of benzene rings is 1. The first-order chi connectivity index (χ1) is 10.0. The van der Waals surface area contributed by atoms with Crippen molar-refractivity contribution in [3.63, 3.8) is 0 Å². The van der Waals surface area contributed by atoms with Crippen molar-refractivity contribution in [2.45, 2.75) is 25.8 Å². The van der Waals surface area contributed by atoms with E-state index < -0.39 is 11.9 Å². The summed E-state index contributed by atoms with van der Waals surface area (Å²) in [5.74, 6) is -1.19. The van der Waals surface area contributed by atoms with E-state index in [0.717, 1.165) is 12.8 Å². The molecule has 0 aromatic heterocycles. The first-order valence-corrected chi connectivity index (χ1v) is 6.89. The largest absolute Gasteiger partial charge is 0.465 e. The Bertz CT molecular complexity index is 549. The molecule has 0 heterocycles. The molecule has 0 aliphatic heterocycles. The van der Waals surface area contributed by atoms with Gasteiger partial charge in [0.05, 0.1) is 6.61 Å². The summed E-state index contributed by atoms with van der Waals surface area (Å²) in [7, 11) is 0. The molecule has 2 amide bonds. The Morgan fingerprint density at radius 2 is 1.76 bits per heavy atom. The van der Waals surface area contributed by atoms with Crippen molar-refractivity contribution in [3.8, 4) is 0 Å². The SMILES string of the molecule is CCOC(=O)CN(C(=O)c1ccc(C(N)=O)cc1)C1CC1. The molecule has 21 heavy (non-hydrogen) atoms. The lowest BCUT2D eigenvalue weighted by atomic mass is 10.1. The fourth-order valence-corrected chi connectivity index (χ4v) is 2.04. The Morgan fingerprint density at radius 1 is 1.19 bits per heavy atom. The minimum Gasteiger partial charge on any atom is -0.465 e. The van der Waals surface area contributed by atoms with Crippen LogP contribution in [0.4, 0.5) is 0 Å². The van der Waals surface area contributed by atoms with Crippen molar-refractivity contribution >= 4 is 17.8 Å². The summed E-state index contributed by atoms with van der Waals surface area (Å²) in [5, 5.41) is 0. The van der Waals surface area contributed by atoms with Crippen LogP contribution >= 0.6 is 0 Å². The first-order valence-electron chi connectivity index (χ1n) is 6.89. The van der Waals surface area contributed by atoms with Gasteiger partial charge in [0.15, 0.2) is 0 Å². The number of esters is 1. The fraction of sp³-hybridized carbons (Fsp3) is 0.400. The highest BCUT2D eigenvalue weighted by Gasteiger charge is 2.34. The minimum atomic E-state index is -0.542. The van der Waals surface area contributed by atoms with Crippen molar-refractivity contribution < 1.29 is 19.1 Å². The number of carbonyl (C=O) groups excluding carboxylic acids is 3. The maximum Gasteiger partial charge on any atom is 0.325 e. The van der Waals surface area contributed by atoms with Crippen molar-refractivity contribution in [2.24, 2.45) is 5.73 Å². The molecule has 1 aliphatic carbocycles. The van der Waals surface area contributed by atoms with Gasteiger partial charge in [-0.1, -0.05) is 0 Å². The lowest BCUT2D eigenvalue weighted by molar-refractivity contribution is -0.144. The van der Waals surface area contributed by atoms with Gasteiger partial charge in [-0.15, -0.1) is 0 Å². The number of hydrogen-bond acceptors (Lipinski definition) is 4. The van der Waals surface area contributed by atoms with Gasteiger partial charge >= 0.3 is 5.97 Å². The van der Waals surface area contributed by atoms with Gasteiger partial charge in [0, 0.05) is 17.2 Å². The normalized spacial score (nSPS) is 13.6. The topological polar surface area (TPSA) is 89.7 Å². The van der Waals surface area contributed by atoms with E-state index in [1.165, 1.54) is 17.0 Å². The zero-order chi connectivity index (χ0) is 15.4. The third kappa shape index (κ3) is 3.81. The maximum atomic E-state index is 12.4. The predicted molar refractivity (Wildman–Crippen MR) is 75.7 cm³/mol. The van der Waals surface area contributed by atoms with Crippen LogP contribution in [0.25, 0.3) is 0 Å². The van der Waals surface area contributed by atoms with E-state index in [0.29, 0.717) is 17.7 Å². The summed E-state index contributed by atoms with van der Waals surface area (Å²) >= 11 is 0. The lowest BCUT2D eigenvalue weighted by Crippen LogP contribution is -2.38. The Morgan fingerprint density at radius 3 is 2.24 bits per heavy atom. The van der Waals surface area contributed by atoms with E-state index in [1.807, 2.05) is 0 Å². The van der Waals surface area contributed by atoms with Crippen LogP contribution in [0.1, 0.15) is 40.5 Å². The molecule has 2 N–H and O–H groups in total. The smallest absolute Gasteiger partial charge is 0.325 e. The van der Waals surface area contributed by atoms with Gasteiger partial charge in [-0.25, -0.2) is 0 Å². The van der Waals surface area contributed by atoms with Crippen molar-refractivity contribution in [1.82, 2.24) is 4.90 Å². The van der Waals surface area contributed by atoms with E-state index in [1.54, 1.807) is 19.1 Å². The predicted octanol–water partition coefficient (Wildman–Crippen LogP) is 0.953. The highest BCUT2D eigenvalue weighted by Crippen LogP contribution is 2.28. The summed E-state index contributed by atoms with van der Waals surface area (Å²) in [5.41, 5.74) is 5.93. The Labute approximate surface area is 122 Å². The van der Waals surface area contributed by atoms with Gasteiger partial charge in [0.1, 0.15) is 6.54 Å². The minimum absolute atomic E-state index is 0.0467. The van der Waals surface area contributed by atoms with E-state index in [9.17, 15) is 14.4 Å². The second-order valence-corrected chi connectivity index (χ2v) is 4.91. The molecule has 6 nitrogen and oxygen atoms in total. The Kier molecular flexibility index (Phi) is 4.57. The molecule has 1 saturated carbocycles. The van der Waals surface area contributed by atoms with E-state index >= 15 is 0 Å². The van der Waals surface area contributed by atoms with Crippen molar-refractivity contribution in [1.29, 1.82) is 0 Å². The number of nitrogens with zero attached hydrogens (tertiary/aromatic N) is 1. The van der Waals surface area contributed by atoms with E-state index in [4.69, 9.17) is 10.5 Å². The van der Waals surface area contributed by atoms with Crippen LogP contribution in [0.3, 0.4) is 0 Å². The number of ether oxygens (including phenoxy) is 1. The number of hydrogen-bond donors (Lipinski definition) is 1. The number of amides is 2. The second-order valence-electron chi connectivity index (χ2n) is 4.91. The van der Waals surface area contributed by atoms with Gasteiger partial charge in [-0.05, 0) is 44.0 Å². The monoisotopic (exact) mass is 290 g/mol. The first kappa shape index (κ1) is 15.0. The highest BCUT2D eigenvalue weighted by atomic mass is 16.5. The molecular weight excluding hydrogens is 272 g/mol. The average Bonchev–Trinajstić information content (AvgIpc) is 3.29. The van der Waals surface area contributed by atoms with Gasteiger partial charge in [-0.2, -0.15) is 0 Å². The van der Waals surface area contributed by atoms with E-state index in [2.05, 4.69) is 0 Å². The molecule has 0 spiro atoms. The van der Waals surface area contributed by atoms with Gasteiger partial charge in [0.25, 0.3) is 5.91 Å². The van der Waals surface area contributed by atoms with Crippen LogP contribution in [-0.2, 0) is 9.53 Å². The molecule has 1 fully saturated rings. The van der Waals surface area contributed by atoms with Gasteiger partial charge < -0.3 is 15.4 Å². The molecule has 1 aliphatic rings. The zero-order valence-corrected chi connectivity index (χ0v) is 11.9. The number of carbonyl (C=O) groups is 3. The molecule has 0 bridgehead atoms. The van der Waals surface area contributed by atoms with E-state index in [-0.39, 0.29) is 18.5 Å². The number of rotatable bonds is 6. The summed E-state index contributed by atoms with van der Waals surface area (Å²) in [6, 6.07) is 6.19. The molecule has 6 heteroatoms. The number of nitrogens with two attached hydrogens (primary N) is 1. The highest BCUT2D eigenvalue weighted by molar-refractivity contribution is 5.98. The maximum absolute atomic E-state index is 12.4. The average molecular weight is 290 g/mol. The molecular formula is C15H18N2O4. The second kappa shape index (κ2) is 6.39. The summed E-state index contributed by atoms with van der Waals surface area (Å²) < 4.78 is 4.89. The number of primary amides is 1. The molecule has 0 atom stereocenters. The quantitative estimate of drug-likeness (QED) is 0.790. The van der Waals surface area contributed by atoms with Gasteiger partial charge in [-0.3, -0.25) is 14.4 Å². The molecule has 0 unspecified atom stereocenters. The van der Waals surface area contributed by atoms with Crippen LogP contribution in [0, 0.1) is 0 Å². The van der Waals surface area contributed by atoms with Gasteiger partial charge in [0.2, 0.25) is 5.91 Å². The molecule has 2 rings (SSSR count). The third-order valence-electron chi connectivity index (χ3n) is 3.27. The molecule has 0 radical (unpaired) electrons. The van der Waals surface area contributed by atoms with Crippen LogP contribution in [-0.4, -0.2) is 41.9 Å².